The van der Waals surface area contributed by atoms with E-state index in [-0.39, 0.29) is 6.04 Å². The molecule has 0 saturated heterocycles. The monoisotopic (exact) mass is 391 g/mol. The van der Waals surface area contributed by atoms with Crippen LogP contribution in [0.15, 0.2) is 30.3 Å². The highest BCUT2D eigenvalue weighted by atomic mass is 35.5. The Labute approximate surface area is 157 Å². The number of rotatable bonds is 11. The number of carboxylic acids is 2. The van der Waals surface area contributed by atoms with Gasteiger partial charge in [-0.2, -0.15) is 0 Å². The molecule has 0 fully saturated rings. The van der Waals surface area contributed by atoms with Gasteiger partial charge in [-0.3, -0.25) is 0 Å². The average molecular weight is 392 g/mol. The number of aliphatic carboxylic acids is 2. The van der Waals surface area contributed by atoms with E-state index >= 15 is 0 Å². The van der Waals surface area contributed by atoms with Gasteiger partial charge in [0.2, 0.25) is 0 Å². The first kappa shape index (κ1) is 24.3. The lowest BCUT2D eigenvalue weighted by molar-refractivity contribution is -0.695. The summed E-state index contributed by atoms with van der Waals surface area (Å²) in [6.07, 6.45) is -0.455. The molecule has 9 heteroatoms. The summed E-state index contributed by atoms with van der Waals surface area (Å²) in [6.45, 7) is 5.21. The smallest absolute Gasteiger partial charge is 0.351 e. The Hall–Kier alpha value is -1.71. The molecular weight excluding hydrogens is 366 g/mol. The molecule has 0 saturated carbocycles. The average Bonchev–Trinajstić information content (AvgIpc) is 2.64. The Bertz CT molecular complexity index is 489. The van der Waals surface area contributed by atoms with Gasteiger partial charge in [-0.05, 0) is 12.5 Å². The molecule has 0 heterocycles. The minimum absolute atomic E-state index is 0.105. The van der Waals surface area contributed by atoms with Crippen LogP contribution in [-0.2, 0) is 19.1 Å². The molecule has 26 heavy (non-hydrogen) atoms. The minimum Gasteiger partial charge on any atom is -0.539 e. The topological polar surface area (TPSA) is 133 Å². The van der Waals surface area contributed by atoms with E-state index in [1.54, 1.807) is 0 Å². The number of halogens is 1. The standard InChI is InChI=1S/C15H24ClNO3.C2H2O4/c1-13(15(18)14-5-3-2-4-6-14)17-8-10-20-12-11-19-9-7-16;3-1(4)2(5)6/h2-6,13,15,17-18H,7-12H2,1H3;(H,3,4)(H,5,6). The maximum absolute atomic E-state index is 10.2. The van der Waals surface area contributed by atoms with Crippen molar-refractivity contribution in [1.29, 1.82) is 0 Å². The van der Waals surface area contributed by atoms with Gasteiger partial charge in [-0.1, -0.05) is 30.3 Å². The molecule has 1 rings (SSSR count). The molecule has 8 nitrogen and oxygen atoms in total. The van der Waals surface area contributed by atoms with Crippen molar-refractivity contribution in [1.82, 2.24) is 0 Å². The molecule has 0 aliphatic heterocycles. The second-order valence-corrected chi connectivity index (χ2v) is 5.62. The second-order valence-electron chi connectivity index (χ2n) is 5.25. The number of carboxylic acid groups (broad SMARTS) is 2. The predicted molar refractivity (Wildman–Crippen MR) is 92.7 cm³/mol. The molecule has 0 aliphatic carbocycles. The number of carbonyl (C=O) groups is 2. The van der Waals surface area contributed by atoms with Crippen LogP contribution in [0.1, 0.15) is 18.6 Å². The first-order valence-corrected chi connectivity index (χ1v) is 8.65. The number of hydrogen-bond donors (Lipinski definition) is 3. The highest BCUT2D eigenvalue weighted by Gasteiger charge is 2.18. The fraction of sp³-hybridized carbons (Fsp3) is 0.529. The number of ether oxygens (including phenoxy) is 2. The summed E-state index contributed by atoms with van der Waals surface area (Å²) in [5.74, 6) is -3.49. The zero-order chi connectivity index (χ0) is 19.8. The summed E-state index contributed by atoms with van der Waals surface area (Å²) >= 11 is 5.48. The van der Waals surface area contributed by atoms with Crippen molar-refractivity contribution in [2.24, 2.45) is 0 Å². The number of alkyl halides is 1. The third-order valence-electron chi connectivity index (χ3n) is 3.21. The third-order valence-corrected chi connectivity index (χ3v) is 3.36. The van der Waals surface area contributed by atoms with Crippen LogP contribution in [0.2, 0.25) is 0 Å². The summed E-state index contributed by atoms with van der Waals surface area (Å²) in [7, 11) is 0. The maximum Gasteiger partial charge on any atom is 0.351 e. The number of nitrogens with two attached hydrogens (primary N) is 1. The number of benzene rings is 1. The van der Waals surface area contributed by atoms with Gasteiger partial charge in [0.05, 0.1) is 33.0 Å². The SMILES string of the molecule is CC([NH2+]CCOCCOCCCl)C(O)c1ccccc1.O=C([O-])C(=O)O. The lowest BCUT2D eigenvalue weighted by Crippen LogP contribution is -2.91. The van der Waals surface area contributed by atoms with E-state index in [2.05, 4.69) is 5.32 Å². The number of carbonyl (C=O) groups excluding carboxylic acids is 1. The first-order valence-electron chi connectivity index (χ1n) is 8.12. The van der Waals surface area contributed by atoms with Crippen LogP contribution >= 0.6 is 11.6 Å². The van der Waals surface area contributed by atoms with Crippen LogP contribution in [0, 0.1) is 0 Å². The lowest BCUT2D eigenvalue weighted by atomic mass is 10.0. The summed E-state index contributed by atoms with van der Waals surface area (Å²) in [4.78, 5) is 18.0. The highest BCUT2D eigenvalue weighted by molar-refractivity contribution is 6.26. The van der Waals surface area contributed by atoms with Crippen molar-refractivity contribution in [2.75, 3.05) is 38.9 Å². The molecule has 0 amide bonds. The summed E-state index contributed by atoms with van der Waals surface area (Å²) < 4.78 is 10.6. The Balaban J connectivity index is 0.000000896. The van der Waals surface area contributed by atoms with Gasteiger partial charge in [0, 0.05) is 5.88 Å². The molecule has 0 aliphatic rings. The Morgan fingerprint density at radius 3 is 2.19 bits per heavy atom. The highest BCUT2D eigenvalue weighted by Crippen LogP contribution is 2.13. The minimum atomic E-state index is -2.07. The molecular formula is C17H26ClNO7. The third kappa shape index (κ3) is 12.6. The van der Waals surface area contributed by atoms with Crippen LogP contribution in [0.3, 0.4) is 0 Å². The van der Waals surface area contributed by atoms with Crippen LogP contribution in [0.5, 0.6) is 0 Å². The maximum atomic E-state index is 10.2. The van der Waals surface area contributed by atoms with Crippen LogP contribution in [0.25, 0.3) is 0 Å². The second kappa shape index (κ2) is 15.5. The summed E-state index contributed by atoms with van der Waals surface area (Å²) in [6, 6.07) is 9.82. The van der Waals surface area contributed by atoms with Gasteiger partial charge < -0.3 is 34.9 Å². The molecule has 2 unspecified atom stereocenters. The van der Waals surface area contributed by atoms with Crippen molar-refractivity contribution in [3.63, 3.8) is 0 Å². The van der Waals surface area contributed by atoms with Crippen LogP contribution in [-0.4, -0.2) is 67.0 Å². The zero-order valence-electron chi connectivity index (χ0n) is 14.7. The molecule has 0 spiro atoms. The van der Waals surface area contributed by atoms with Crippen LogP contribution < -0.4 is 10.4 Å². The molecule has 0 aromatic heterocycles. The van der Waals surface area contributed by atoms with Gasteiger partial charge in [0.15, 0.2) is 5.97 Å². The van der Waals surface area contributed by atoms with E-state index in [1.807, 2.05) is 37.3 Å². The summed E-state index contributed by atoms with van der Waals surface area (Å²) in [5, 5.41) is 28.6. The largest absolute Gasteiger partial charge is 0.539 e. The van der Waals surface area contributed by atoms with Gasteiger partial charge in [-0.15, -0.1) is 11.6 Å². The number of aliphatic hydroxyl groups excluding tert-OH is 1. The first-order chi connectivity index (χ1) is 12.4. The number of hydrogen-bond acceptors (Lipinski definition) is 6. The van der Waals surface area contributed by atoms with Crippen molar-refractivity contribution in [2.45, 2.75) is 19.1 Å². The van der Waals surface area contributed by atoms with Crippen molar-refractivity contribution in [3.8, 4) is 0 Å². The Morgan fingerprint density at radius 1 is 1.15 bits per heavy atom. The fourth-order valence-corrected chi connectivity index (χ4v) is 1.98. The van der Waals surface area contributed by atoms with E-state index in [4.69, 9.17) is 40.9 Å². The Morgan fingerprint density at radius 2 is 1.69 bits per heavy atom. The lowest BCUT2D eigenvalue weighted by Gasteiger charge is -2.17. The predicted octanol–water partition coefficient (Wildman–Crippen LogP) is -1.24. The molecule has 148 valence electrons. The van der Waals surface area contributed by atoms with Gasteiger partial charge in [0.25, 0.3) is 0 Å². The zero-order valence-corrected chi connectivity index (χ0v) is 15.4. The molecule has 1 aromatic carbocycles. The van der Waals surface area contributed by atoms with E-state index < -0.39 is 18.0 Å². The van der Waals surface area contributed by atoms with E-state index in [0.717, 1.165) is 12.1 Å². The van der Waals surface area contributed by atoms with Gasteiger partial charge >= 0.3 is 5.97 Å². The number of quaternary nitrogens is 1. The molecule has 0 radical (unpaired) electrons. The molecule has 4 N–H and O–H groups in total. The van der Waals surface area contributed by atoms with Crippen LogP contribution in [0.4, 0.5) is 0 Å². The quantitative estimate of drug-likeness (QED) is 0.244. The Kier molecular flexibility index (Phi) is 14.5. The fourth-order valence-electron chi connectivity index (χ4n) is 1.87. The van der Waals surface area contributed by atoms with E-state index in [9.17, 15) is 5.11 Å². The van der Waals surface area contributed by atoms with Crippen molar-refractivity contribution < 1.29 is 39.7 Å². The molecule has 0 bridgehead atoms. The van der Waals surface area contributed by atoms with E-state index in [0.29, 0.717) is 32.3 Å². The number of aliphatic hydroxyl groups is 1. The molecule has 2 atom stereocenters. The van der Waals surface area contributed by atoms with Crippen molar-refractivity contribution >= 4 is 23.5 Å². The molecule has 1 aromatic rings. The van der Waals surface area contributed by atoms with E-state index in [1.165, 1.54) is 0 Å². The van der Waals surface area contributed by atoms with Gasteiger partial charge in [0.1, 0.15) is 12.1 Å². The van der Waals surface area contributed by atoms with Crippen molar-refractivity contribution in [3.05, 3.63) is 35.9 Å². The normalized spacial score (nSPS) is 12.6. The summed E-state index contributed by atoms with van der Waals surface area (Å²) in [5.41, 5.74) is 0.951. The van der Waals surface area contributed by atoms with Gasteiger partial charge in [-0.25, -0.2) is 4.79 Å².